The number of carbonyl (C=O) groups is 2. The summed E-state index contributed by atoms with van der Waals surface area (Å²) >= 11 is 7.14. The van der Waals surface area contributed by atoms with E-state index < -0.39 is 5.91 Å². The monoisotopic (exact) mass is 350 g/mol. The van der Waals surface area contributed by atoms with Crippen LogP contribution >= 0.6 is 23.4 Å². The van der Waals surface area contributed by atoms with Gasteiger partial charge in [0.05, 0.1) is 12.9 Å². The zero-order valence-corrected chi connectivity index (χ0v) is 13.9. The second kappa shape index (κ2) is 8.45. The highest BCUT2D eigenvalue weighted by Crippen LogP contribution is 2.19. The molecule has 0 saturated heterocycles. The standard InChI is InChI=1S/C16H15ClN2O3S/c1-22-13-4-2-3-11(9-13)16(21)19-18-15(20)10-23-14-7-5-12(17)6-8-14/h2-9H,10H2,1H3,(H,18,20)(H,19,21). The van der Waals surface area contributed by atoms with Crippen molar-refractivity contribution in [2.75, 3.05) is 12.9 Å². The number of halogens is 1. The van der Waals surface area contributed by atoms with Gasteiger partial charge < -0.3 is 4.74 Å². The lowest BCUT2D eigenvalue weighted by Gasteiger charge is -2.08. The summed E-state index contributed by atoms with van der Waals surface area (Å²) in [5, 5.41) is 0.643. The smallest absolute Gasteiger partial charge is 0.269 e. The summed E-state index contributed by atoms with van der Waals surface area (Å²) in [6.07, 6.45) is 0. The van der Waals surface area contributed by atoms with Crippen molar-refractivity contribution in [1.82, 2.24) is 10.9 Å². The van der Waals surface area contributed by atoms with Gasteiger partial charge in [-0.3, -0.25) is 20.4 Å². The number of ether oxygens (including phenoxy) is 1. The number of hydrogen-bond donors (Lipinski definition) is 2. The van der Waals surface area contributed by atoms with Gasteiger partial charge in [-0.15, -0.1) is 11.8 Å². The van der Waals surface area contributed by atoms with Crippen LogP contribution in [-0.4, -0.2) is 24.7 Å². The summed E-state index contributed by atoms with van der Waals surface area (Å²) in [5.41, 5.74) is 5.14. The molecule has 2 amide bonds. The fourth-order valence-corrected chi connectivity index (χ4v) is 2.50. The van der Waals surface area contributed by atoms with E-state index in [4.69, 9.17) is 16.3 Å². The van der Waals surface area contributed by atoms with E-state index in [0.29, 0.717) is 16.3 Å². The van der Waals surface area contributed by atoms with E-state index in [1.807, 2.05) is 12.1 Å². The number of carbonyl (C=O) groups excluding carboxylic acids is 2. The Bertz CT molecular complexity index is 692. The van der Waals surface area contributed by atoms with Gasteiger partial charge in [0.25, 0.3) is 5.91 Å². The maximum absolute atomic E-state index is 11.9. The van der Waals surface area contributed by atoms with E-state index in [2.05, 4.69) is 10.9 Å². The summed E-state index contributed by atoms with van der Waals surface area (Å²) in [4.78, 5) is 24.6. The van der Waals surface area contributed by atoms with Gasteiger partial charge in [0, 0.05) is 15.5 Å². The maximum atomic E-state index is 11.9. The van der Waals surface area contributed by atoms with E-state index >= 15 is 0 Å². The second-order valence-electron chi connectivity index (χ2n) is 4.48. The average molecular weight is 351 g/mol. The van der Waals surface area contributed by atoms with Crippen molar-refractivity contribution in [2.24, 2.45) is 0 Å². The molecule has 0 aromatic heterocycles. The number of rotatable bonds is 5. The molecule has 2 rings (SSSR count). The second-order valence-corrected chi connectivity index (χ2v) is 5.96. The molecule has 0 unspecified atom stereocenters. The number of hydrazine groups is 1. The first-order valence-electron chi connectivity index (χ1n) is 6.70. The van der Waals surface area contributed by atoms with Crippen LogP contribution in [0.2, 0.25) is 5.02 Å². The molecule has 2 aromatic rings. The Hall–Kier alpha value is -2.18. The molecule has 0 fully saturated rings. The zero-order chi connectivity index (χ0) is 16.7. The Morgan fingerprint density at radius 1 is 1.13 bits per heavy atom. The molecule has 7 heteroatoms. The zero-order valence-electron chi connectivity index (χ0n) is 12.3. The summed E-state index contributed by atoms with van der Waals surface area (Å²) in [7, 11) is 1.52. The fourth-order valence-electron chi connectivity index (χ4n) is 1.68. The highest BCUT2D eigenvalue weighted by molar-refractivity contribution is 8.00. The number of hydrogen-bond acceptors (Lipinski definition) is 4. The van der Waals surface area contributed by atoms with E-state index in [1.165, 1.54) is 18.9 Å². The molecule has 5 nitrogen and oxygen atoms in total. The maximum Gasteiger partial charge on any atom is 0.269 e. The third-order valence-electron chi connectivity index (χ3n) is 2.83. The molecule has 0 aliphatic rings. The molecule has 0 radical (unpaired) electrons. The van der Waals surface area contributed by atoms with Gasteiger partial charge in [0.1, 0.15) is 5.75 Å². The molecule has 2 aromatic carbocycles. The Balaban J connectivity index is 1.79. The topological polar surface area (TPSA) is 67.4 Å². The normalized spacial score (nSPS) is 10.0. The van der Waals surface area contributed by atoms with Gasteiger partial charge in [-0.2, -0.15) is 0 Å². The molecule has 0 spiro atoms. The van der Waals surface area contributed by atoms with Crippen LogP contribution in [0.15, 0.2) is 53.4 Å². The van der Waals surface area contributed by atoms with Crippen molar-refractivity contribution in [2.45, 2.75) is 4.90 Å². The van der Waals surface area contributed by atoms with Crippen molar-refractivity contribution in [3.8, 4) is 5.75 Å². The van der Waals surface area contributed by atoms with Crippen molar-refractivity contribution in [3.05, 3.63) is 59.1 Å². The first-order valence-corrected chi connectivity index (χ1v) is 8.06. The molecule has 23 heavy (non-hydrogen) atoms. The summed E-state index contributed by atoms with van der Waals surface area (Å²) < 4.78 is 5.05. The van der Waals surface area contributed by atoms with Gasteiger partial charge in [-0.1, -0.05) is 17.7 Å². The minimum Gasteiger partial charge on any atom is -0.497 e. The Kier molecular flexibility index (Phi) is 6.31. The summed E-state index contributed by atoms with van der Waals surface area (Å²) in [5.74, 6) is 0.0391. The first kappa shape index (κ1) is 17.2. The highest BCUT2D eigenvalue weighted by atomic mass is 35.5. The quantitative estimate of drug-likeness (QED) is 0.642. The lowest BCUT2D eigenvalue weighted by molar-refractivity contribution is -0.119. The lowest BCUT2D eigenvalue weighted by Crippen LogP contribution is -2.42. The average Bonchev–Trinajstić information content (AvgIpc) is 2.59. The predicted octanol–water partition coefficient (Wildman–Crippen LogP) is 2.90. The van der Waals surface area contributed by atoms with Gasteiger partial charge >= 0.3 is 0 Å². The molecule has 120 valence electrons. The Morgan fingerprint density at radius 2 is 1.87 bits per heavy atom. The third kappa shape index (κ3) is 5.50. The van der Waals surface area contributed by atoms with E-state index in [0.717, 1.165) is 4.90 Å². The Morgan fingerprint density at radius 3 is 2.57 bits per heavy atom. The van der Waals surface area contributed by atoms with Crippen LogP contribution in [-0.2, 0) is 4.79 Å². The van der Waals surface area contributed by atoms with E-state index in [9.17, 15) is 9.59 Å². The summed E-state index contributed by atoms with van der Waals surface area (Å²) in [6, 6.07) is 13.8. The lowest BCUT2D eigenvalue weighted by atomic mass is 10.2. The first-order chi connectivity index (χ1) is 11.1. The van der Waals surface area contributed by atoms with E-state index in [1.54, 1.807) is 36.4 Å². The van der Waals surface area contributed by atoms with Crippen molar-refractivity contribution in [3.63, 3.8) is 0 Å². The minimum absolute atomic E-state index is 0.181. The van der Waals surface area contributed by atoms with E-state index in [-0.39, 0.29) is 11.7 Å². The molecular weight excluding hydrogens is 336 g/mol. The minimum atomic E-state index is -0.409. The van der Waals surface area contributed by atoms with Crippen molar-refractivity contribution < 1.29 is 14.3 Å². The van der Waals surface area contributed by atoms with Crippen LogP contribution in [0.4, 0.5) is 0 Å². The van der Waals surface area contributed by atoms with Crippen molar-refractivity contribution in [1.29, 1.82) is 0 Å². The fraction of sp³-hybridized carbons (Fsp3) is 0.125. The van der Waals surface area contributed by atoms with Crippen LogP contribution in [0.3, 0.4) is 0 Å². The van der Waals surface area contributed by atoms with Crippen LogP contribution in [0.5, 0.6) is 5.75 Å². The molecule has 2 N–H and O–H groups in total. The highest BCUT2D eigenvalue weighted by Gasteiger charge is 2.08. The van der Waals surface area contributed by atoms with Crippen LogP contribution in [0, 0.1) is 0 Å². The number of thioether (sulfide) groups is 1. The third-order valence-corrected chi connectivity index (χ3v) is 4.09. The molecule has 0 aliphatic carbocycles. The SMILES string of the molecule is COc1cccc(C(=O)NNC(=O)CSc2ccc(Cl)cc2)c1. The largest absolute Gasteiger partial charge is 0.497 e. The number of methoxy groups -OCH3 is 1. The van der Waals surface area contributed by atoms with Gasteiger partial charge in [0.2, 0.25) is 5.91 Å². The molecule has 0 bridgehead atoms. The van der Waals surface area contributed by atoms with Gasteiger partial charge in [-0.05, 0) is 42.5 Å². The molecular formula is C16H15ClN2O3S. The number of benzene rings is 2. The Labute approximate surface area is 143 Å². The summed E-state index contributed by atoms with van der Waals surface area (Å²) in [6.45, 7) is 0. The number of nitrogens with one attached hydrogen (secondary N) is 2. The van der Waals surface area contributed by atoms with Crippen LogP contribution in [0.25, 0.3) is 0 Å². The molecule has 0 aliphatic heterocycles. The van der Waals surface area contributed by atoms with Crippen molar-refractivity contribution >= 4 is 35.2 Å². The molecule has 0 atom stereocenters. The van der Waals surface area contributed by atoms with Gasteiger partial charge in [0.15, 0.2) is 0 Å². The van der Waals surface area contributed by atoms with Gasteiger partial charge in [-0.25, -0.2) is 0 Å². The predicted molar refractivity (Wildman–Crippen MR) is 90.8 cm³/mol. The van der Waals surface area contributed by atoms with Crippen LogP contribution in [0.1, 0.15) is 10.4 Å². The molecule has 0 saturated carbocycles. The molecule has 0 heterocycles. The number of amides is 2. The van der Waals surface area contributed by atoms with Crippen LogP contribution < -0.4 is 15.6 Å².